The lowest BCUT2D eigenvalue weighted by molar-refractivity contribution is 0.462. The molecule has 0 unspecified atom stereocenters. The second-order valence-electron chi connectivity index (χ2n) is 5.50. The molecular formula is C19H14FN3O3S. The molecule has 3 aromatic rings. The maximum atomic E-state index is 13.0. The molecule has 2 aromatic carbocycles. The zero-order chi connectivity index (χ0) is 19.4. The molecule has 0 saturated carbocycles. The van der Waals surface area contributed by atoms with Gasteiger partial charge in [-0.1, -0.05) is 6.07 Å². The number of anilines is 1. The Morgan fingerprint density at radius 2 is 1.70 bits per heavy atom. The fourth-order valence-corrected chi connectivity index (χ4v) is 3.48. The van der Waals surface area contributed by atoms with Gasteiger partial charge in [-0.3, -0.25) is 4.31 Å². The van der Waals surface area contributed by atoms with E-state index < -0.39 is 15.8 Å². The Labute approximate surface area is 156 Å². The first kappa shape index (κ1) is 18.4. The van der Waals surface area contributed by atoms with Crippen molar-refractivity contribution in [3.8, 4) is 17.7 Å². The molecule has 3 rings (SSSR count). The van der Waals surface area contributed by atoms with Crippen LogP contribution in [0.1, 0.15) is 5.69 Å². The minimum atomic E-state index is -3.81. The molecule has 0 fully saturated rings. The Bertz CT molecular complexity index is 1090. The lowest BCUT2D eigenvalue weighted by Crippen LogP contribution is -2.26. The third kappa shape index (κ3) is 4.04. The van der Waals surface area contributed by atoms with Crippen molar-refractivity contribution in [3.63, 3.8) is 0 Å². The molecule has 0 atom stereocenters. The minimum absolute atomic E-state index is 0.00996. The SMILES string of the molecule is CN(c1ccc(Oc2cccc(C#N)n2)cc1)S(=O)(=O)c1ccc(F)cc1. The number of aromatic nitrogens is 1. The minimum Gasteiger partial charge on any atom is -0.439 e. The topological polar surface area (TPSA) is 83.3 Å². The quantitative estimate of drug-likeness (QED) is 0.671. The fourth-order valence-electron chi connectivity index (χ4n) is 2.28. The van der Waals surface area contributed by atoms with Gasteiger partial charge >= 0.3 is 0 Å². The van der Waals surface area contributed by atoms with Crippen molar-refractivity contribution >= 4 is 15.7 Å². The molecule has 0 aliphatic carbocycles. The van der Waals surface area contributed by atoms with Gasteiger partial charge in [-0.25, -0.2) is 17.8 Å². The van der Waals surface area contributed by atoms with Gasteiger partial charge in [0.25, 0.3) is 10.0 Å². The van der Waals surface area contributed by atoms with E-state index in [0.29, 0.717) is 11.4 Å². The Morgan fingerprint density at radius 1 is 1.04 bits per heavy atom. The van der Waals surface area contributed by atoms with Crippen LogP contribution in [-0.2, 0) is 10.0 Å². The second-order valence-corrected chi connectivity index (χ2v) is 7.46. The lowest BCUT2D eigenvalue weighted by Gasteiger charge is -2.19. The highest BCUT2D eigenvalue weighted by molar-refractivity contribution is 7.92. The predicted octanol–water partition coefficient (Wildman–Crippen LogP) is 3.71. The Balaban J connectivity index is 1.80. The van der Waals surface area contributed by atoms with Gasteiger partial charge in [0.1, 0.15) is 23.3 Å². The van der Waals surface area contributed by atoms with Crippen LogP contribution in [0.25, 0.3) is 0 Å². The molecule has 1 heterocycles. The summed E-state index contributed by atoms with van der Waals surface area (Å²) in [5.41, 5.74) is 0.639. The molecule has 0 N–H and O–H groups in total. The van der Waals surface area contributed by atoms with Gasteiger partial charge in [0.15, 0.2) is 0 Å². The highest BCUT2D eigenvalue weighted by Gasteiger charge is 2.21. The van der Waals surface area contributed by atoms with E-state index in [1.165, 1.54) is 19.2 Å². The van der Waals surface area contributed by atoms with Crippen molar-refractivity contribution in [2.75, 3.05) is 11.4 Å². The molecule has 6 nitrogen and oxygen atoms in total. The van der Waals surface area contributed by atoms with E-state index in [9.17, 15) is 12.8 Å². The maximum Gasteiger partial charge on any atom is 0.264 e. The summed E-state index contributed by atoms with van der Waals surface area (Å²) in [6.45, 7) is 0. The van der Waals surface area contributed by atoms with Gasteiger partial charge in [0.05, 0.1) is 10.6 Å². The third-order valence-electron chi connectivity index (χ3n) is 3.73. The van der Waals surface area contributed by atoms with Gasteiger partial charge < -0.3 is 4.74 Å². The summed E-state index contributed by atoms with van der Waals surface area (Å²) < 4.78 is 44.9. The summed E-state index contributed by atoms with van der Waals surface area (Å²) in [5.74, 6) is 0.190. The molecule has 0 radical (unpaired) electrons. The monoisotopic (exact) mass is 383 g/mol. The summed E-state index contributed by atoms with van der Waals surface area (Å²) in [4.78, 5) is 4.00. The average Bonchev–Trinajstić information content (AvgIpc) is 2.68. The number of benzene rings is 2. The molecule has 0 saturated heterocycles. The van der Waals surface area contributed by atoms with Crippen LogP contribution >= 0.6 is 0 Å². The second kappa shape index (κ2) is 7.43. The van der Waals surface area contributed by atoms with Crippen LogP contribution in [0, 0.1) is 17.1 Å². The van der Waals surface area contributed by atoms with Gasteiger partial charge in [0, 0.05) is 13.1 Å². The van der Waals surface area contributed by atoms with Crippen LogP contribution in [-0.4, -0.2) is 20.4 Å². The van der Waals surface area contributed by atoms with Crippen LogP contribution in [0.15, 0.2) is 71.6 Å². The zero-order valence-corrected chi connectivity index (χ0v) is 15.0. The summed E-state index contributed by atoms with van der Waals surface area (Å²) in [6, 6.07) is 17.7. The Kier molecular flexibility index (Phi) is 5.05. The van der Waals surface area contributed by atoms with Gasteiger partial charge in [-0.15, -0.1) is 0 Å². The fraction of sp³-hybridized carbons (Fsp3) is 0.0526. The van der Waals surface area contributed by atoms with E-state index in [0.717, 1.165) is 16.4 Å². The summed E-state index contributed by atoms with van der Waals surface area (Å²) >= 11 is 0. The third-order valence-corrected chi connectivity index (χ3v) is 5.53. The molecule has 0 aliphatic rings. The van der Waals surface area contributed by atoms with Crippen molar-refractivity contribution in [1.82, 2.24) is 4.98 Å². The van der Waals surface area contributed by atoms with Crippen LogP contribution < -0.4 is 9.04 Å². The lowest BCUT2D eigenvalue weighted by atomic mass is 10.3. The van der Waals surface area contributed by atoms with Crippen molar-refractivity contribution in [1.29, 1.82) is 5.26 Å². The number of hydrogen-bond acceptors (Lipinski definition) is 5. The number of pyridine rings is 1. The van der Waals surface area contributed by atoms with Crippen LogP contribution in [0.2, 0.25) is 0 Å². The first-order valence-electron chi connectivity index (χ1n) is 7.80. The molecule has 0 bridgehead atoms. The maximum absolute atomic E-state index is 13.0. The number of nitriles is 1. The summed E-state index contributed by atoms with van der Waals surface area (Å²) in [7, 11) is -2.40. The summed E-state index contributed by atoms with van der Waals surface area (Å²) in [6.07, 6.45) is 0. The molecule has 27 heavy (non-hydrogen) atoms. The van der Waals surface area contributed by atoms with E-state index in [1.54, 1.807) is 42.5 Å². The number of rotatable bonds is 5. The normalized spacial score (nSPS) is 10.9. The van der Waals surface area contributed by atoms with E-state index in [-0.39, 0.29) is 16.5 Å². The molecule has 1 aromatic heterocycles. The largest absolute Gasteiger partial charge is 0.439 e. The van der Waals surface area contributed by atoms with Crippen LogP contribution in [0.5, 0.6) is 11.6 Å². The molecule has 0 amide bonds. The van der Waals surface area contributed by atoms with E-state index >= 15 is 0 Å². The van der Waals surface area contributed by atoms with Gasteiger partial charge in [-0.05, 0) is 54.6 Å². The van der Waals surface area contributed by atoms with Crippen LogP contribution in [0.4, 0.5) is 10.1 Å². The van der Waals surface area contributed by atoms with E-state index in [1.807, 2.05) is 6.07 Å². The van der Waals surface area contributed by atoms with E-state index in [4.69, 9.17) is 10.00 Å². The molecule has 8 heteroatoms. The average molecular weight is 383 g/mol. The standard InChI is InChI=1S/C19H14FN3O3S/c1-23(27(24,25)18-11-5-14(20)6-12-18)16-7-9-17(10-8-16)26-19-4-2-3-15(13-21)22-19/h2-12H,1H3. The first-order valence-corrected chi connectivity index (χ1v) is 9.24. The number of ether oxygens (including phenoxy) is 1. The number of nitrogens with zero attached hydrogens (tertiary/aromatic N) is 3. The van der Waals surface area contributed by atoms with Crippen LogP contribution in [0.3, 0.4) is 0 Å². The van der Waals surface area contributed by atoms with Gasteiger partial charge in [0.2, 0.25) is 5.88 Å². The van der Waals surface area contributed by atoms with Crippen molar-refractivity contribution in [3.05, 3.63) is 78.2 Å². The number of halogens is 1. The highest BCUT2D eigenvalue weighted by Crippen LogP contribution is 2.26. The zero-order valence-electron chi connectivity index (χ0n) is 14.2. The molecule has 136 valence electrons. The van der Waals surface area contributed by atoms with Crippen molar-refractivity contribution in [2.24, 2.45) is 0 Å². The predicted molar refractivity (Wildman–Crippen MR) is 97.5 cm³/mol. The van der Waals surface area contributed by atoms with Crippen molar-refractivity contribution in [2.45, 2.75) is 4.90 Å². The number of sulfonamides is 1. The van der Waals surface area contributed by atoms with E-state index in [2.05, 4.69) is 4.98 Å². The molecular weight excluding hydrogens is 369 g/mol. The smallest absolute Gasteiger partial charge is 0.264 e. The van der Waals surface area contributed by atoms with Crippen molar-refractivity contribution < 1.29 is 17.5 Å². The summed E-state index contributed by atoms with van der Waals surface area (Å²) in [5, 5.41) is 8.86. The Morgan fingerprint density at radius 3 is 2.33 bits per heavy atom. The number of hydrogen-bond donors (Lipinski definition) is 0. The molecule has 0 aliphatic heterocycles. The van der Waals surface area contributed by atoms with Gasteiger partial charge in [-0.2, -0.15) is 5.26 Å². The highest BCUT2D eigenvalue weighted by atomic mass is 32.2. The first-order chi connectivity index (χ1) is 12.9. The Hall–Kier alpha value is -3.44. The molecule has 0 spiro atoms.